The largest absolute Gasteiger partial charge is 0.379 e. The van der Waals surface area contributed by atoms with E-state index in [1.54, 1.807) is 0 Å². The van der Waals surface area contributed by atoms with Crippen LogP contribution in [0.5, 0.6) is 0 Å². The molecule has 0 radical (unpaired) electrons. The first-order chi connectivity index (χ1) is 22.7. The summed E-state index contributed by atoms with van der Waals surface area (Å²) < 4.78 is 32.9. The molecule has 0 unspecified atom stereocenters. The minimum atomic E-state index is 0.607. The van der Waals surface area contributed by atoms with Gasteiger partial charge in [0, 0.05) is 45.6 Å². The second kappa shape index (κ2) is 22.0. The van der Waals surface area contributed by atoms with E-state index >= 15 is 0 Å². The SMILES string of the molecule is CCOCCOCCOCCc1ccc(-c2ccc(C=Cc3ccc(-c4ccc(CCOCCOCCOCC)s4)cc3)cc2)s1. The summed E-state index contributed by atoms with van der Waals surface area (Å²) in [7, 11) is 0. The third-order valence-corrected chi connectivity index (χ3v) is 9.45. The van der Waals surface area contributed by atoms with Gasteiger partial charge in [0.05, 0.1) is 66.1 Å². The lowest BCUT2D eigenvalue weighted by molar-refractivity contribution is 0.0176. The van der Waals surface area contributed by atoms with Crippen LogP contribution in [0.3, 0.4) is 0 Å². The monoisotopic (exact) mass is 664 g/mol. The lowest BCUT2D eigenvalue weighted by Gasteiger charge is -2.05. The van der Waals surface area contributed by atoms with Crippen LogP contribution in [0.1, 0.15) is 34.7 Å². The Morgan fingerprint density at radius 2 is 0.761 bits per heavy atom. The van der Waals surface area contributed by atoms with Crippen molar-refractivity contribution >= 4 is 34.8 Å². The van der Waals surface area contributed by atoms with Gasteiger partial charge in [-0.1, -0.05) is 60.7 Å². The zero-order valence-electron chi connectivity index (χ0n) is 27.2. The average molecular weight is 665 g/mol. The minimum absolute atomic E-state index is 0.607. The number of thiophene rings is 2. The number of ether oxygens (including phenoxy) is 6. The Bertz CT molecular complexity index is 1270. The number of benzene rings is 2. The first-order valence-electron chi connectivity index (χ1n) is 16.3. The molecule has 4 rings (SSSR count). The Hall–Kier alpha value is -2.66. The van der Waals surface area contributed by atoms with Crippen LogP contribution in [0, 0.1) is 0 Å². The fraction of sp³-hybridized carbons (Fsp3) is 0.421. The molecule has 0 spiro atoms. The van der Waals surface area contributed by atoms with Crippen LogP contribution >= 0.6 is 22.7 Å². The highest BCUT2D eigenvalue weighted by Crippen LogP contribution is 2.30. The fourth-order valence-electron chi connectivity index (χ4n) is 4.56. The predicted octanol–water partition coefficient (Wildman–Crippen LogP) is 8.54. The highest BCUT2D eigenvalue weighted by Gasteiger charge is 2.05. The van der Waals surface area contributed by atoms with Gasteiger partial charge in [-0.05, 0) is 60.4 Å². The van der Waals surface area contributed by atoms with E-state index in [9.17, 15) is 0 Å². The molecule has 0 saturated heterocycles. The molecule has 2 aromatic heterocycles. The van der Waals surface area contributed by atoms with Crippen LogP contribution in [0.2, 0.25) is 0 Å². The standard InChI is InChI=1S/C38H48O6S2/c1-3-39-23-25-43-29-27-41-21-19-35-15-17-37(45-35)33-11-7-31(8-12-33)5-6-32-9-13-34(14-10-32)38-18-16-36(46-38)20-22-42-28-30-44-26-24-40-4-2/h5-18H,3-4,19-30H2,1-2H3. The minimum Gasteiger partial charge on any atom is -0.379 e. The summed E-state index contributed by atoms with van der Waals surface area (Å²) in [6, 6.07) is 26.3. The third-order valence-electron chi connectivity index (χ3n) is 7.06. The molecule has 0 N–H and O–H groups in total. The second-order valence-electron chi connectivity index (χ2n) is 10.5. The van der Waals surface area contributed by atoms with Gasteiger partial charge in [-0.15, -0.1) is 22.7 Å². The molecule has 6 nitrogen and oxygen atoms in total. The van der Waals surface area contributed by atoms with E-state index in [4.69, 9.17) is 28.4 Å². The molecule has 0 bridgehead atoms. The molecule has 0 aliphatic rings. The summed E-state index contributed by atoms with van der Waals surface area (Å²) >= 11 is 3.66. The maximum absolute atomic E-state index is 5.72. The molecule has 2 aromatic carbocycles. The number of hydrogen-bond acceptors (Lipinski definition) is 8. The van der Waals surface area contributed by atoms with Crippen LogP contribution in [-0.2, 0) is 41.3 Å². The lowest BCUT2D eigenvalue weighted by atomic mass is 10.1. The molecule has 0 atom stereocenters. The molecular weight excluding hydrogens is 617 g/mol. The summed E-state index contributed by atoms with van der Waals surface area (Å²) in [6.45, 7) is 11.8. The van der Waals surface area contributed by atoms with E-state index in [0.29, 0.717) is 66.1 Å². The first kappa shape index (κ1) is 36.2. The van der Waals surface area contributed by atoms with E-state index in [-0.39, 0.29) is 0 Å². The van der Waals surface area contributed by atoms with Crippen molar-refractivity contribution in [1.82, 2.24) is 0 Å². The predicted molar refractivity (Wildman–Crippen MR) is 192 cm³/mol. The maximum atomic E-state index is 5.72. The molecule has 46 heavy (non-hydrogen) atoms. The smallest absolute Gasteiger partial charge is 0.0701 e. The van der Waals surface area contributed by atoms with Gasteiger partial charge in [0.1, 0.15) is 0 Å². The topological polar surface area (TPSA) is 55.4 Å². The van der Waals surface area contributed by atoms with Crippen molar-refractivity contribution in [2.75, 3.05) is 79.3 Å². The first-order valence-corrected chi connectivity index (χ1v) is 17.9. The van der Waals surface area contributed by atoms with Crippen LogP contribution in [0.4, 0.5) is 0 Å². The van der Waals surface area contributed by atoms with Crippen molar-refractivity contribution in [3.8, 4) is 20.9 Å². The summed E-state index contributed by atoms with van der Waals surface area (Å²) in [5.74, 6) is 0. The molecule has 248 valence electrons. The van der Waals surface area contributed by atoms with Crippen LogP contribution in [0.25, 0.3) is 33.0 Å². The van der Waals surface area contributed by atoms with Crippen molar-refractivity contribution < 1.29 is 28.4 Å². The highest BCUT2D eigenvalue weighted by molar-refractivity contribution is 7.15. The molecule has 4 aromatic rings. The molecule has 2 heterocycles. The van der Waals surface area contributed by atoms with E-state index in [2.05, 4.69) is 84.9 Å². The van der Waals surface area contributed by atoms with Crippen LogP contribution in [0.15, 0.2) is 72.8 Å². The molecule has 0 fully saturated rings. The van der Waals surface area contributed by atoms with Gasteiger partial charge in [-0.25, -0.2) is 0 Å². The van der Waals surface area contributed by atoms with E-state index in [1.165, 1.54) is 41.8 Å². The maximum Gasteiger partial charge on any atom is 0.0701 e. The van der Waals surface area contributed by atoms with Crippen molar-refractivity contribution in [1.29, 1.82) is 0 Å². The Kier molecular flexibility index (Phi) is 17.3. The molecule has 0 amide bonds. The highest BCUT2D eigenvalue weighted by atomic mass is 32.1. The van der Waals surface area contributed by atoms with E-state index < -0.39 is 0 Å². The summed E-state index contributed by atoms with van der Waals surface area (Å²) in [5, 5.41) is 0. The summed E-state index contributed by atoms with van der Waals surface area (Å²) in [4.78, 5) is 5.23. The van der Waals surface area contributed by atoms with Crippen molar-refractivity contribution in [2.24, 2.45) is 0 Å². The van der Waals surface area contributed by atoms with Gasteiger partial charge in [-0.2, -0.15) is 0 Å². The summed E-state index contributed by atoms with van der Waals surface area (Å²) in [6.07, 6.45) is 6.17. The zero-order chi connectivity index (χ0) is 32.1. The number of rotatable bonds is 24. The van der Waals surface area contributed by atoms with Gasteiger partial charge >= 0.3 is 0 Å². The van der Waals surface area contributed by atoms with E-state index in [1.807, 2.05) is 36.5 Å². The molecular formula is C38H48O6S2. The summed E-state index contributed by atoms with van der Waals surface area (Å²) in [5.41, 5.74) is 4.85. The Morgan fingerprint density at radius 1 is 0.413 bits per heavy atom. The van der Waals surface area contributed by atoms with Crippen molar-refractivity contribution in [3.05, 3.63) is 93.7 Å². The average Bonchev–Trinajstić information content (AvgIpc) is 3.77. The fourth-order valence-corrected chi connectivity index (χ4v) is 6.55. The van der Waals surface area contributed by atoms with Gasteiger partial charge < -0.3 is 28.4 Å². The van der Waals surface area contributed by atoms with Gasteiger partial charge in [0.25, 0.3) is 0 Å². The van der Waals surface area contributed by atoms with Gasteiger partial charge in [0.2, 0.25) is 0 Å². The molecule has 0 saturated carbocycles. The third kappa shape index (κ3) is 13.6. The second-order valence-corrected chi connectivity index (χ2v) is 12.8. The van der Waals surface area contributed by atoms with E-state index in [0.717, 1.165) is 26.1 Å². The molecule has 0 aliphatic carbocycles. The quantitative estimate of drug-likeness (QED) is 0.0553. The van der Waals surface area contributed by atoms with Gasteiger partial charge in [-0.3, -0.25) is 0 Å². The van der Waals surface area contributed by atoms with Crippen LogP contribution < -0.4 is 0 Å². The van der Waals surface area contributed by atoms with Crippen LogP contribution in [-0.4, -0.2) is 79.3 Å². The van der Waals surface area contributed by atoms with Crippen molar-refractivity contribution in [2.45, 2.75) is 26.7 Å². The van der Waals surface area contributed by atoms with Crippen molar-refractivity contribution in [3.63, 3.8) is 0 Å². The Labute approximate surface area is 282 Å². The van der Waals surface area contributed by atoms with Gasteiger partial charge in [0.15, 0.2) is 0 Å². The lowest BCUT2D eigenvalue weighted by Crippen LogP contribution is -2.10. The molecule has 8 heteroatoms. The Balaban J connectivity index is 1.14. The molecule has 0 aliphatic heterocycles. The normalized spacial score (nSPS) is 11.6. The zero-order valence-corrected chi connectivity index (χ0v) is 28.9. The Morgan fingerprint density at radius 3 is 1.13 bits per heavy atom. The number of hydrogen-bond donors (Lipinski definition) is 0.